The molecule has 0 aliphatic rings. The van der Waals surface area contributed by atoms with Gasteiger partial charge in [-0.1, -0.05) is 48.6 Å². The Balaban J connectivity index is 2.15. The number of hydrogen-bond donors (Lipinski definition) is 1. The summed E-state index contributed by atoms with van der Waals surface area (Å²) in [6.45, 7) is 0. The van der Waals surface area contributed by atoms with Crippen LogP contribution in [-0.2, 0) is 0 Å². The number of hydrogen-bond acceptors (Lipinski definition) is 3. The lowest BCUT2D eigenvalue weighted by Gasteiger charge is -2.02. The van der Waals surface area contributed by atoms with Gasteiger partial charge in [0.25, 0.3) is 0 Å². The summed E-state index contributed by atoms with van der Waals surface area (Å²) in [5.74, 6) is -0.0475. The summed E-state index contributed by atoms with van der Waals surface area (Å²) in [4.78, 5) is 20.2. The van der Waals surface area contributed by atoms with Crippen molar-refractivity contribution in [2.24, 2.45) is 0 Å². The van der Waals surface area contributed by atoms with E-state index in [0.717, 1.165) is 16.4 Å². The molecule has 3 heterocycles. The van der Waals surface area contributed by atoms with E-state index in [4.69, 9.17) is 12.2 Å². The molecule has 0 radical (unpaired) electrons. The third kappa shape index (κ3) is 1.79. The van der Waals surface area contributed by atoms with Crippen molar-refractivity contribution in [2.75, 3.05) is 0 Å². The van der Waals surface area contributed by atoms with Crippen molar-refractivity contribution in [3.05, 3.63) is 77.0 Å². The zero-order valence-corrected chi connectivity index (χ0v) is 12.3. The molecule has 106 valence electrons. The summed E-state index contributed by atoms with van der Waals surface area (Å²) < 4.78 is 2.36. The van der Waals surface area contributed by atoms with Gasteiger partial charge in [0.2, 0.25) is 5.78 Å². The van der Waals surface area contributed by atoms with Gasteiger partial charge in [0.15, 0.2) is 0 Å². The number of rotatable bonds is 2. The number of carbonyl (C=O) groups is 1. The number of pyridine rings is 1. The Morgan fingerprint density at radius 3 is 2.68 bits per heavy atom. The van der Waals surface area contributed by atoms with Crippen molar-refractivity contribution in [1.29, 1.82) is 0 Å². The molecule has 1 aromatic carbocycles. The number of H-pyrrole nitrogens is 1. The maximum absolute atomic E-state index is 13.0. The Kier molecular flexibility index (Phi) is 2.87. The summed E-state index contributed by atoms with van der Waals surface area (Å²) in [7, 11) is 0. The van der Waals surface area contributed by atoms with Crippen LogP contribution in [-0.4, -0.2) is 20.2 Å². The Labute approximate surface area is 131 Å². The minimum absolute atomic E-state index is 0.0475. The van der Waals surface area contributed by atoms with Crippen molar-refractivity contribution in [2.45, 2.75) is 0 Å². The normalized spacial score (nSPS) is 11.1. The second-order valence-electron chi connectivity index (χ2n) is 4.96. The first-order chi connectivity index (χ1) is 10.8. The summed E-state index contributed by atoms with van der Waals surface area (Å²) in [5.41, 5.74) is 2.82. The average molecular weight is 305 g/mol. The highest BCUT2D eigenvalue weighted by Crippen LogP contribution is 2.27. The Morgan fingerprint density at radius 1 is 1.09 bits per heavy atom. The van der Waals surface area contributed by atoms with E-state index in [-0.39, 0.29) is 5.78 Å². The first-order valence-corrected chi connectivity index (χ1v) is 7.24. The van der Waals surface area contributed by atoms with Gasteiger partial charge in [-0.25, -0.2) is 4.98 Å². The molecule has 22 heavy (non-hydrogen) atoms. The maximum Gasteiger partial charge on any atom is 0.211 e. The van der Waals surface area contributed by atoms with Crippen LogP contribution in [0.2, 0.25) is 0 Å². The zero-order valence-electron chi connectivity index (χ0n) is 11.5. The molecule has 0 amide bonds. The van der Waals surface area contributed by atoms with Gasteiger partial charge >= 0.3 is 0 Å². The highest BCUT2D eigenvalue weighted by atomic mass is 32.1. The fourth-order valence-corrected chi connectivity index (χ4v) is 2.99. The number of ketones is 1. The molecule has 0 atom stereocenters. The lowest BCUT2D eigenvalue weighted by molar-refractivity contribution is 0.103. The van der Waals surface area contributed by atoms with E-state index < -0.39 is 0 Å². The number of nitrogens with zero attached hydrogens (tertiary/aromatic N) is 2. The van der Waals surface area contributed by atoms with Crippen LogP contribution >= 0.6 is 12.2 Å². The average Bonchev–Trinajstić information content (AvgIpc) is 2.90. The third-order valence-corrected chi connectivity index (χ3v) is 4.01. The molecule has 0 unspecified atom stereocenters. The van der Waals surface area contributed by atoms with E-state index in [2.05, 4.69) is 9.97 Å². The maximum atomic E-state index is 13.0. The molecule has 0 bridgehead atoms. The lowest BCUT2D eigenvalue weighted by atomic mass is 10.1. The fourth-order valence-electron chi connectivity index (χ4n) is 2.73. The number of carbonyl (C=O) groups excluding carboxylic acids is 1. The van der Waals surface area contributed by atoms with Crippen LogP contribution in [0.4, 0.5) is 0 Å². The van der Waals surface area contributed by atoms with Crippen LogP contribution in [0.5, 0.6) is 0 Å². The monoisotopic (exact) mass is 305 g/mol. The molecule has 0 aliphatic heterocycles. The van der Waals surface area contributed by atoms with Crippen molar-refractivity contribution in [3.63, 3.8) is 0 Å². The van der Waals surface area contributed by atoms with Gasteiger partial charge < -0.3 is 9.38 Å². The molecular formula is C17H11N3OS. The van der Waals surface area contributed by atoms with Crippen LogP contribution < -0.4 is 0 Å². The van der Waals surface area contributed by atoms with Crippen molar-refractivity contribution < 1.29 is 4.79 Å². The second-order valence-corrected chi connectivity index (χ2v) is 5.34. The predicted octanol–water partition coefficient (Wildman–Crippen LogP) is 3.78. The topological polar surface area (TPSA) is 50.2 Å². The van der Waals surface area contributed by atoms with E-state index in [0.29, 0.717) is 15.9 Å². The van der Waals surface area contributed by atoms with Gasteiger partial charge in [0.05, 0.1) is 22.7 Å². The van der Waals surface area contributed by atoms with Crippen molar-refractivity contribution in [3.8, 4) is 0 Å². The second kappa shape index (κ2) is 4.89. The van der Waals surface area contributed by atoms with E-state index in [1.165, 1.54) is 6.33 Å². The SMILES string of the molecule is O=C(c1ccccc1)c1c2[nH]cnc(=S)c2c2ccccn12. The predicted molar refractivity (Wildman–Crippen MR) is 87.8 cm³/mol. The minimum Gasteiger partial charge on any atom is -0.344 e. The van der Waals surface area contributed by atoms with Gasteiger partial charge in [0.1, 0.15) is 10.3 Å². The number of benzene rings is 1. The minimum atomic E-state index is -0.0475. The Hall–Kier alpha value is -2.79. The van der Waals surface area contributed by atoms with Crippen LogP contribution in [0.25, 0.3) is 16.4 Å². The highest BCUT2D eigenvalue weighted by Gasteiger charge is 2.20. The molecule has 0 aliphatic carbocycles. The Bertz CT molecular complexity index is 1060. The van der Waals surface area contributed by atoms with E-state index >= 15 is 0 Å². The molecule has 4 nitrogen and oxygen atoms in total. The van der Waals surface area contributed by atoms with Crippen LogP contribution in [0.1, 0.15) is 16.1 Å². The summed E-state index contributed by atoms with van der Waals surface area (Å²) in [5, 5.41) is 0.803. The highest BCUT2D eigenvalue weighted by molar-refractivity contribution is 7.71. The van der Waals surface area contributed by atoms with E-state index in [1.807, 2.05) is 59.1 Å². The van der Waals surface area contributed by atoms with Gasteiger partial charge in [-0.2, -0.15) is 0 Å². The smallest absolute Gasteiger partial charge is 0.211 e. The molecule has 4 aromatic rings. The summed E-state index contributed by atoms with van der Waals surface area (Å²) in [6, 6.07) is 15.0. The summed E-state index contributed by atoms with van der Waals surface area (Å²) >= 11 is 5.34. The van der Waals surface area contributed by atoms with Gasteiger partial charge in [-0.3, -0.25) is 4.79 Å². The van der Waals surface area contributed by atoms with Gasteiger partial charge in [0, 0.05) is 11.8 Å². The standard InChI is InChI=1S/C17H11N3OS/c21-16(11-6-2-1-3-7-11)15-14-13(17(22)19-10-18-14)12-8-4-5-9-20(12)15/h1-10H,(H,18,19,22). The Morgan fingerprint density at radius 2 is 1.86 bits per heavy atom. The van der Waals surface area contributed by atoms with E-state index in [9.17, 15) is 4.79 Å². The van der Waals surface area contributed by atoms with Crippen LogP contribution in [0, 0.1) is 4.64 Å². The molecule has 0 saturated heterocycles. The van der Waals surface area contributed by atoms with Crippen molar-refractivity contribution in [1.82, 2.24) is 14.4 Å². The number of aromatic nitrogens is 3. The number of fused-ring (bicyclic) bond motifs is 3. The third-order valence-electron chi connectivity index (χ3n) is 3.70. The number of nitrogens with one attached hydrogen (secondary N) is 1. The zero-order chi connectivity index (χ0) is 15.1. The number of aromatic amines is 1. The quantitative estimate of drug-likeness (QED) is 0.453. The van der Waals surface area contributed by atoms with Crippen molar-refractivity contribution >= 4 is 34.4 Å². The van der Waals surface area contributed by atoms with Gasteiger partial charge in [-0.05, 0) is 12.1 Å². The molecule has 0 saturated carbocycles. The molecule has 4 rings (SSSR count). The van der Waals surface area contributed by atoms with Gasteiger partial charge in [-0.15, -0.1) is 0 Å². The van der Waals surface area contributed by atoms with E-state index in [1.54, 1.807) is 0 Å². The van der Waals surface area contributed by atoms with Crippen LogP contribution in [0.15, 0.2) is 61.1 Å². The summed E-state index contributed by atoms with van der Waals surface area (Å²) in [6.07, 6.45) is 3.40. The fraction of sp³-hybridized carbons (Fsp3) is 0. The first kappa shape index (κ1) is 12.9. The first-order valence-electron chi connectivity index (χ1n) is 6.83. The molecule has 3 aromatic heterocycles. The molecule has 1 N–H and O–H groups in total. The molecule has 5 heteroatoms. The molecular weight excluding hydrogens is 294 g/mol. The van der Waals surface area contributed by atoms with Crippen LogP contribution in [0.3, 0.4) is 0 Å². The molecule has 0 spiro atoms. The molecule has 0 fully saturated rings. The lowest BCUT2D eigenvalue weighted by Crippen LogP contribution is -2.05. The largest absolute Gasteiger partial charge is 0.344 e.